The molecule has 1 aromatic heterocycles. The third kappa shape index (κ3) is 4.31. The molecule has 1 unspecified atom stereocenters. The Morgan fingerprint density at radius 3 is 2.70 bits per heavy atom. The van der Waals surface area contributed by atoms with Gasteiger partial charge in [0.1, 0.15) is 0 Å². The van der Waals surface area contributed by atoms with Gasteiger partial charge >= 0.3 is 0 Å². The number of aromatic nitrogens is 2. The second-order valence-electron chi connectivity index (χ2n) is 5.34. The van der Waals surface area contributed by atoms with Crippen molar-refractivity contribution in [3.63, 3.8) is 0 Å². The molecule has 3 aromatic rings. The molecule has 23 heavy (non-hydrogen) atoms. The van der Waals surface area contributed by atoms with Gasteiger partial charge in [-0.2, -0.15) is 0 Å². The van der Waals surface area contributed by atoms with Crippen LogP contribution >= 0.6 is 11.6 Å². The van der Waals surface area contributed by atoms with Crippen molar-refractivity contribution in [1.82, 2.24) is 9.55 Å². The van der Waals surface area contributed by atoms with Gasteiger partial charge in [0.15, 0.2) is 0 Å². The van der Waals surface area contributed by atoms with Gasteiger partial charge in [0.2, 0.25) is 0 Å². The summed E-state index contributed by atoms with van der Waals surface area (Å²) in [6.07, 6.45) is 8.52. The predicted octanol–water partition coefficient (Wildman–Crippen LogP) is 4.33. The molecule has 2 aromatic carbocycles. The summed E-state index contributed by atoms with van der Waals surface area (Å²) in [7, 11) is 0. The van der Waals surface area contributed by atoms with E-state index in [0.29, 0.717) is 5.02 Å². The lowest BCUT2D eigenvalue weighted by atomic mass is 10.1. The van der Waals surface area contributed by atoms with Gasteiger partial charge in [-0.3, -0.25) is 0 Å². The van der Waals surface area contributed by atoms with Crippen LogP contribution in [-0.4, -0.2) is 14.7 Å². The third-order valence-corrected chi connectivity index (χ3v) is 3.80. The Kier molecular flexibility index (Phi) is 4.91. The Bertz CT molecular complexity index is 779. The van der Waals surface area contributed by atoms with E-state index in [4.69, 9.17) is 11.6 Å². The SMILES string of the molecule is OC(C=Cc1ccc(Cn2ccnc2)cc1)c1cccc(Cl)c1. The summed E-state index contributed by atoms with van der Waals surface area (Å²) in [5.41, 5.74) is 3.03. The Hall–Kier alpha value is -2.36. The third-order valence-electron chi connectivity index (χ3n) is 3.57. The molecule has 116 valence electrons. The van der Waals surface area contributed by atoms with Gasteiger partial charge in [0.05, 0.1) is 12.4 Å². The summed E-state index contributed by atoms with van der Waals surface area (Å²) in [5, 5.41) is 10.8. The largest absolute Gasteiger partial charge is 0.384 e. The van der Waals surface area contributed by atoms with Crippen molar-refractivity contribution in [3.05, 3.63) is 95.0 Å². The van der Waals surface area contributed by atoms with Crippen LogP contribution in [0.5, 0.6) is 0 Å². The van der Waals surface area contributed by atoms with E-state index in [1.54, 1.807) is 30.7 Å². The van der Waals surface area contributed by atoms with Crippen molar-refractivity contribution < 1.29 is 5.11 Å². The molecule has 4 heteroatoms. The van der Waals surface area contributed by atoms with E-state index in [9.17, 15) is 5.11 Å². The number of benzene rings is 2. The maximum Gasteiger partial charge on any atom is 0.0975 e. The van der Waals surface area contributed by atoms with Gasteiger partial charge in [-0.05, 0) is 28.8 Å². The zero-order valence-electron chi connectivity index (χ0n) is 12.5. The van der Waals surface area contributed by atoms with E-state index in [-0.39, 0.29) is 0 Å². The van der Waals surface area contributed by atoms with E-state index in [1.807, 2.05) is 41.1 Å². The Labute approximate surface area is 140 Å². The lowest BCUT2D eigenvalue weighted by Gasteiger charge is -2.06. The summed E-state index contributed by atoms with van der Waals surface area (Å²) in [6.45, 7) is 0.801. The van der Waals surface area contributed by atoms with Gasteiger partial charge in [-0.15, -0.1) is 0 Å². The zero-order chi connectivity index (χ0) is 16.1. The molecule has 0 aliphatic heterocycles. The van der Waals surface area contributed by atoms with Gasteiger partial charge in [0.25, 0.3) is 0 Å². The molecule has 0 saturated carbocycles. The number of hydrogen-bond donors (Lipinski definition) is 1. The minimum absolute atomic E-state index is 0.624. The molecule has 3 nitrogen and oxygen atoms in total. The molecule has 0 spiro atoms. The summed E-state index contributed by atoms with van der Waals surface area (Å²) in [5.74, 6) is 0. The van der Waals surface area contributed by atoms with E-state index in [1.165, 1.54) is 5.56 Å². The van der Waals surface area contributed by atoms with Crippen molar-refractivity contribution in [2.45, 2.75) is 12.6 Å². The molecular formula is C19H17ClN2O. The first kappa shape index (κ1) is 15.5. The second-order valence-corrected chi connectivity index (χ2v) is 5.77. The number of nitrogens with zero attached hydrogens (tertiary/aromatic N) is 2. The lowest BCUT2D eigenvalue weighted by Crippen LogP contribution is -1.96. The number of imidazole rings is 1. The van der Waals surface area contributed by atoms with Crippen LogP contribution in [0, 0.1) is 0 Å². The zero-order valence-corrected chi connectivity index (χ0v) is 13.3. The van der Waals surface area contributed by atoms with Gasteiger partial charge in [-0.25, -0.2) is 4.98 Å². The number of aliphatic hydroxyl groups excluding tert-OH is 1. The Morgan fingerprint density at radius 1 is 1.17 bits per heavy atom. The summed E-state index contributed by atoms with van der Waals surface area (Å²) in [6, 6.07) is 15.5. The van der Waals surface area contributed by atoms with Crippen LogP contribution in [0.2, 0.25) is 5.02 Å². The molecule has 1 heterocycles. The minimum atomic E-state index is -0.667. The smallest absolute Gasteiger partial charge is 0.0975 e. The average molecular weight is 325 g/mol. The van der Waals surface area contributed by atoms with Gasteiger partial charge in [-0.1, -0.05) is 60.2 Å². The van der Waals surface area contributed by atoms with Crippen molar-refractivity contribution >= 4 is 17.7 Å². The molecule has 3 rings (SSSR count). The average Bonchev–Trinajstić information content (AvgIpc) is 3.07. The fourth-order valence-electron chi connectivity index (χ4n) is 2.33. The number of rotatable bonds is 5. The number of aliphatic hydroxyl groups is 1. The number of hydrogen-bond acceptors (Lipinski definition) is 2. The van der Waals surface area contributed by atoms with Crippen molar-refractivity contribution in [1.29, 1.82) is 0 Å². The maximum atomic E-state index is 10.2. The van der Waals surface area contributed by atoms with E-state index in [0.717, 1.165) is 17.7 Å². The molecule has 1 N–H and O–H groups in total. The molecule has 0 aliphatic carbocycles. The molecule has 0 aliphatic rings. The highest BCUT2D eigenvalue weighted by atomic mass is 35.5. The minimum Gasteiger partial charge on any atom is -0.384 e. The molecule has 0 amide bonds. The van der Waals surface area contributed by atoms with Crippen LogP contribution in [0.3, 0.4) is 0 Å². The topological polar surface area (TPSA) is 38.0 Å². The molecule has 0 bridgehead atoms. The van der Waals surface area contributed by atoms with Crippen molar-refractivity contribution in [2.24, 2.45) is 0 Å². The van der Waals surface area contributed by atoms with E-state index in [2.05, 4.69) is 17.1 Å². The summed E-state index contributed by atoms with van der Waals surface area (Å²) >= 11 is 5.94. The molecule has 0 fully saturated rings. The first-order chi connectivity index (χ1) is 11.2. The highest BCUT2D eigenvalue weighted by Gasteiger charge is 2.03. The van der Waals surface area contributed by atoms with Crippen LogP contribution < -0.4 is 0 Å². The van der Waals surface area contributed by atoms with Crippen LogP contribution in [0.15, 0.2) is 73.3 Å². The highest BCUT2D eigenvalue weighted by Crippen LogP contribution is 2.19. The maximum absolute atomic E-state index is 10.2. The normalized spacial score (nSPS) is 12.6. The first-order valence-electron chi connectivity index (χ1n) is 7.37. The molecule has 1 atom stereocenters. The second kappa shape index (κ2) is 7.27. The first-order valence-corrected chi connectivity index (χ1v) is 7.75. The molecule has 0 saturated heterocycles. The Morgan fingerprint density at radius 2 is 2.00 bits per heavy atom. The Balaban J connectivity index is 1.65. The summed E-state index contributed by atoms with van der Waals surface area (Å²) in [4.78, 5) is 4.03. The molecule has 0 radical (unpaired) electrons. The van der Waals surface area contributed by atoms with Crippen molar-refractivity contribution in [2.75, 3.05) is 0 Å². The highest BCUT2D eigenvalue weighted by molar-refractivity contribution is 6.30. The monoisotopic (exact) mass is 324 g/mol. The standard InChI is InChI=1S/C19H17ClN2O/c20-18-3-1-2-17(12-18)19(23)9-8-15-4-6-16(7-5-15)13-22-11-10-21-14-22/h1-12,14,19,23H,13H2. The molecular weight excluding hydrogens is 308 g/mol. The fourth-order valence-corrected chi connectivity index (χ4v) is 2.53. The number of halogens is 1. The van der Waals surface area contributed by atoms with Crippen molar-refractivity contribution in [3.8, 4) is 0 Å². The van der Waals surface area contributed by atoms with Crippen LogP contribution in [-0.2, 0) is 6.54 Å². The van der Waals surface area contributed by atoms with Crippen LogP contribution in [0.25, 0.3) is 6.08 Å². The van der Waals surface area contributed by atoms with E-state index < -0.39 is 6.10 Å². The quantitative estimate of drug-likeness (QED) is 0.758. The van der Waals surface area contributed by atoms with E-state index >= 15 is 0 Å². The van der Waals surface area contributed by atoms with Gasteiger partial charge < -0.3 is 9.67 Å². The van der Waals surface area contributed by atoms with Gasteiger partial charge in [0, 0.05) is 24.0 Å². The van der Waals surface area contributed by atoms with Crippen LogP contribution in [0.1, 0.15) is 22.8 Å². The summed E-state index contributed by atoms with van der Waals surface area (Å²) < 4.78 is 2.02. The lowest BCUT2D eigenvalue weighted by molar-refractivity contribution is 0.229. The van der Waals surface area contributed by atoms with Crippen LogP contribution in [0.4, 0.5) is 0 Å². The fraction of sp³-hybridized carbons (Fsp3) is 0.105. The predicted molar refractivity (Wildman–Crippen MR) is 93.2 cm³/mol.